The van der Waals surface area contributed by atoms with Crippen LogP contribution in [-0.2, 0) is 10.0 Å². The highest BCUT2D eigenvalue weighted by Crippen LogP contribution is 2.12. The summed E-state index contributed by atoms with van der Waals surface area (Å²) in [6, 6.07) is 6.87. The molecule has 1 aromatic rings. The zero-order chi connectivity index (χ0) is 15.5. The number of Topliss-reactive ketones (excluding diaryl/α,β-unsaturated/α-hetero) is 1. The van der Waals surface area contributed by atoms with Gasteiger partial charge in [-0.3, -0.25) is 4.79 Å². The zero-order valence-corrected chi connectivity index (χ0v) is 13.5. The van der Waals surface area contributed by atoms with Gasteiger partial charge in [-0.1, -0.05) is 11.6 Å². The Hall–Kier alpha value is -0.950. The predicted octanol–water partition coefficient (Wildman–Crippen LogP) is 1.49. The molecular weight excluding hydrogens is 312 g/mol. The van der Waals surface area contributed by atoms with Crippen molar-refractivity contribution < 1.29 is 13.2 Å². The first-order chi connectivity index (χ1) is 9.86. The van der Waals surface area contributed by atoms with E-state index in [4.69, 9.17) is 11.6 Å². The summed E-state index contributed by atoms with van der Waals surface area (Å²) in [5.74, 6) is 0.0807. The largest absolute Gasteiger partial charge is 0.300 e. The summed E-state index contributed by atoms with van der Waals surface area (Å²) in [5, 5.41) is 0.614. The van der Waals surface area contributed by atoms with E-state index in [2.05, 4.69) is 4.90 Å². The van der Waals surface area contributed by atoms with E-state index in [9.17, 15) is 13.2 Å². The molecule has 0 bridgehead atoms. The lowest BCUT2D eigenvalue weighted by Gasteiger charge is -2.33. The Morgan fingerprint density at radius 1 is 1.14 bits per heavy atom. The highest BCUT2D eigenvalue weighted by Gasteiger charge is 2.23. The second kappa shape index (κ2) is 6.87. The van der Waals surface area contributed by atoms with Crippen molar-refractivity contribution in [2.24, 2.45) is 0 Å². The van der Waals surface area contributed by atoms with Gasteiger partial charge in [-0.05, 0) is 24.3 Å². The smallest absolute Gasteiger partial charge is 0.211 e. The third-order valence-corrected chi connectivity index (χ3v) is 5.18. The van der Waals surface area contributed by atoms with E-state index in [1.165, 1.54) is 10.6 Å². The van der Waals surface area contributed by atoms with Crippen molar-refractivity contribution in [2.45, 2.75) is 6.42 Å². The van der Waals surface area contributed by atoms with Gasteiger partial charge in [0.25, 0.3) is 0 Å². The standard InChI is InChI=1S/C14H19ClN2O3S/c1-21(19,20)17-10-8-16(9-11-17)7-6-14(18)12-2-4-13(15)5-3-12/h2-5H,6-11H2,1H3. The van der Waals surface area contributed by atoms with Crippen molar-refractivity contribution in [1.82, 2.24) is 9.21 Å². The Bertz CT molecular complexity index is 593. The summed E-state index contributed by atoms with van der Waals surface area (Å²) in [6.07, 6.45) is 1.66. The first-order valence-corrected chi connectivity index (χ1v) is 9.05. The molecule has 2 rings (SSSR count). The lowest BCUT2D eigenvalue weighted by Crippen LogP contribution is -2.48. The average Bonchev–Trinajstić information content (AvgIpc) is 2.45. The molecule has 1 aliphatic rings. The number of ketones is 1. The molecule has 116 valence electrons. The Balaban J connectivity index is 1.79. The quantitative estimate of drug-likeness (QED) is 0.768. The molecule has 0 N–H and O–H groups in total. The summed E-state index contributed by atoms with van der Waals surface area (Å²) >= 11 is 5.79. The van der Waals surface area contributed by atoms with E-state index >= 15 is 0 Å². The summed E-state index contributed by atoms with van der Waals surface area (Å²) in [4.78, 5) is 14.2. The Morgan fingerprint density at radius 3 is 2.24 bits per heavy atom. The van der Waals surface area contributed by atoms with Crippen molar-refractivity contribution in [3.8, 4) is 0 Å². The van der Waals surface area contributed by atoms with Gasteiger partial charge in [0.15, 0.2) is 5.78 Å². The van der Waals surface area contributed by atoms with Crippen molar-refractivity contribution in [3.05, 3.63) is 34.9 Å². The van der Waals surface area contributed by atoms with Crippen LogP contribution in [0.1, 0.15) is 16.8 Å². The fourth-order valence-electron chi connectivity index (χ4n) is 2.32. The number of sulfonamides is 1. The van der Waals surface area contributed by atoms with Gasteiger partial charge >= 0.3 is 0 Å². The van der Waals surface area contributed by atoms with Gasteiger partial charge in [-0.25, -0.2) is 8.42 Å². The highest BCUT2D eigenvalue weighted by molar-refractivity contribution is 7.88. The lowest BCUT2D eigenvalue weighted by molar-refractivity contribution is 0.0952. The maximum Gasteiger partial charge on any atom is 0.211 e. The van der Waals surface area contributed by atoms with Crippen LogP contribution < -0.4 is 0 Å². The van der Waals surface area contributed by atoms with Crippen molar-refractivity contribution >= 4 is 27.4 Å². The molecule has 1 aromatic carbocycles. The first kappa shape index (κ1) is 16.4. The van der Waals surface area contributed by atoms with E-state index in [1.807, 2.05) is 0 Å². The molecule has 21 heavy (non-hydrogen) atoms. The van der Waals surface area contributed by atoms with E-state index in [0.717, 1.165) is 0 Å². The summed E-state index contributed by atoms with van der Waals surface area (Å²) in [5.41, 5.74) is 0.661. The molecule has 7 heteroatoms. The molecule has 0 atom stereocenters. The van der Waals surface area contributed by atoms with Gasteiger partial charge in [0, 0.05) is 49.7 Å². The monoisotopic (exact) mass is 330 g/mol. The summed E-state index contributed by atoms with van der Waals surface area (Å²) in [6.45, 7) is 2.98. The van der Waals surface area contributed by atoms with Gasteiger partial charge in [0.1, 0.15) is 0 Å². The van der Waals surface area contributed by atoms with Crippen molar-refractivity contribution in [3.63, 3.8) is 0 Å². The average molecular weight is 331 g/mol. The van der Waals surface area contributed by atoms with E-state index in [0.29, 0.717) is 49.7 Å². The molecule has 0 unspecified atom stereocenters. The molecule has 0 radical (unpaired) electrons. The van der Waals surface area contributed by atoms with Crippen molar-refractivity contribution in [1.29, 1.82) is 0 Å². The SMILES string of the molecule is CS(=O)(=O)N1CCN(CCC(=O)c2ccc(Cl)cc2)CC1. The topological polar surface area (TPSA) is 57.7 Å². The number of halogens is 1. The molecule has 1 heterocycles. The fraction of sp³-hybridized carbons (Fsp3) is 0.500. The number of nitrogens with zero attached hydrogens (tertiary/aromatic N) is 2. The van der Waals surface area contributed by atoms with Gasteiger partial charge in [0.05, 0.1) is 6.26 Å². The van der Waals surface area contributed by atoms with Crippen LogP contribution >= 0.6 is 11.6 Å². The molecule has 0 spiro atoms. The number of hydrogen-bond donors (Lipinski definition) is 0. The van der Waals surface area contributed by atoms with Crippen LogP contribution in [0.4, 0.5) is 0 Å². The van der Waals surface area contributed by atoms with Crippen LogP contribution in [0.2, 0.25) is 5.02 Å². The fourth-order valence-corrected chi connectivity index (χ4v) is 3.28. The second-order valence-electron chi connectivity index (χ2n) is 5.18. The third kappa shape index (κ3) is 4.78. The van der Waals surface area contributed by atoms with E-state index in [-0.39, 0.29) is 5.78 Å². The van der Waals surface area contributed by atoms with Crippen LogP contribution in [0.5, 0.6) is 0 Å². The Labute approximate surface area is 130 Å². The lowest BCUT2D eigenvalue weighted by atomic mass is 10.1. The van der Waals surface area contributed by atoms with Gasteiger partial charge in [-0.2, -0.15) is 4.31 Å². The van der Waals surface area contributed by atoms with Gasteiger partial charge in [-0.15, -0.1) is 0 Å². The molecule has 1 aliphatic heterocycles. The molecule has 5 nitrogen and oxygen atoms in total. The molecular formula is C14H19ClN2O3S. The first-order valence-electron chi connectivity index (χ1n) is 6.82. The maximum atomic E-state index is 12.0. The van der Waals surface area contributed by atoms with Crippen LogP contribution in [0.3, 0.4) is 0 Å². The highest BCUT2D eigenvalue weighted by atomic mass is 35.5. The van der Waals surface area contributed by atoms with Crippen molar-refractivity contribution in [2.75, 3.05) is 39.0 Å². The molecule has 0 amide bonds. The molecule has 0 saturated carbocycles. The minimum atomic E-state index is -3.10. The summed E-state index contributed by atoms with van der Waals surface area (Å²) in [7, 11) is -3.10. The Morgan fingerprint density at radius 2 is 1.71 bits per heavy atom. The number of rotatable bonds is 5. The molecule has 0 aliphatic carbocycles. The maximum absolute atomic E-state index is 12.0. The van der Waals surface area contributed by atoms with Crippen LogP contribution in [0.25, 0.3) is 0 Å². The minimum absolute atomic E-state index is 0.0807. The molecule has 1 fully saturated rings. The summed E-state index contributed by atoms with van der Waals surface area (Å²) < 4.78 is 24.3. The number of hydrogen-bond acceptors (Lipinski definition) is 4. The van der Waals surface area contributed by atoms with Gasteiger partial charge < -0.3 is 4.90 Å². The molecule has 1 saturated heterocycles. The third-order valence-electron chi connectivity index (χ3n) is 3.62. The normalized spacial score (nSPS) is 17.8. The number of benzene rings is 1. The minimum Gasteiger partial charge on any atom is -0.300 e. The van der Waals surface area contributed by atoms with Crippen LogP contribution in [0, 0.1) is 0 Å². The van der Waals surface area contributed by atoms with Crippen LogP contribution in [0.15, 0.2) is 24.3 Å². The Kier molecular flexibility index (Phi) is 5.37. The van der Waals surface area contributed by atoms with E-state index < -0.39 is 10.0 Å². The predicted molar refractivity (Wildman–Crippen MR) is 83.3 cm³/mol. The number of carbonyl (C=O) groups is 1. The second-order valence-corrected chi connectivity index (χ2v) is 7.60. The van der Waals surface area contributed by atoms with Gasteiger partial charge in [0.2, 0.25) is 10.0 Å². The van der Waals surface area contributed by atoms with E-state index in [1.54, 1.807) is 24.3 Å². The molecule has 0 aromatic heterocycles. The number of piperazine rings is 1. The number of carbonyl (C=O) groups excluding carboxylic acids is 1. The van der Waals surface area contributed by atoms with Crippen LogP contribution in [-0.4, -0.2) is 62.4 Å². The zero-order valence-electron chi connectivity index (χ0n) is 12.0.